The smallest absolute Gasteiger partial charge is 0.416 e. The van der Waals surface area contributed by atoms with E-state index in [-0.39, 0.29) is 11.3 Å². The molecule has 1 aromatic carbocycles. The summed E-state index contributed by atoms with van der Waals surface area (Å²) in [6, 6.07) is 8.36. The Balaban J connectivity index is 2.21. The number of rotatable bonds is 3. The van der Waals surface area contributed by atoms with Crippen molar-refractivity contribution in [2.75, 3.05) is 0 Å². The molecule has 0 atom stereocenters. The topological polar surface area (TPSA) is 30.2 Å². The van der Waals surface area contributed by atoms with Crippen LogP contribution in [0.4, 0.5) is 13.2 Å². The molecule has 100 valence electrons. The van der Waals surface area contributed by atoms with Crippen LogP contribution < -0.4 is 5.63 Å². The Kier molecular flexibility index (Phi) is 3.99. The predicted molar refractivity (Wildman–Crippen MR) is 66.0 cm³/mol. The number of hydrogen-bond acceptors (Lipinski definition) is 3. The zero-order chi connectivity index (χ0) is 13.9. The van der Waals surface area contributed by atoms with Crippen molar-refractivity contribution in [2.24, 2.45) is 0 Å². The molecule has 0 saturated carbocycles. The molecule has 0 spiro atoms. The van der Waals surface area contributed by atoms with Gasteiger partial charge in [0.15, 0.2) is 0 Å². The monoisotopic (exact) mass is 286 g/mol. The maximum Gasteiger partial charge on any atom is 0.416 e. The zero-order valence-electron chi connectivity index (χ0n) is 9.61. The van der Waals surface area contributed by atoms with Crippen molar-refractivity contribution in [1.82, 2.24) is 0 Å². The highest BCUT2D eigenvalue weighted by atomic mass is 32.2. The molecule has 0 radical (unpaired) electrons. The summed E-state index contributed by atoms with van der Waals surface area (Å²) in [6.45, 7) is 0. The Morgan fingerprint density at radius 1 is 1.11 bits per heavy atom. The highest BCUT2D eigenvalue weighted by Crippen LogP contribution is 2.34. The predicted octanol–water partition coefficient (Wildman–Crippen LogP) is 3.95. The number of thioether (sulfide) groups is 1. The summed E-state index contributed by atoms with van der Waals surface area (Å²) in [5.74, 6) is 0.0600. The van der Waals surface area contributed by atoms with E-state index >= 15 is 0 Å². The van der Waals surface area contributed by atoms with Gasteiger partial charge in [0.1, 0.15) is 0 Å². The second-order valence-corrected chi connectivity index (χ2v) is 4.73. The van der Waals surface area contributed by atoms with Crippen molar-refractivity contribution in [3.05, 3.63) is 64.2 Å². The average molecular weight is 286 g/mol. The molecule has 0 amide bonds. The summed E-state index contributed by atoms with van der Waals surface area (Å²) in [5.41, 5.74) is -1.08. The second-order valence-electron chi connectivity index (χ2n) is 3.71. The molecule has 0 bridgehead atoms. The molecule has 1 heterocycles. The van der Waals surface area contributed by atoms with E-state index in [1.165, 1.54) is 30.5 Å². The molecule has 2 aromatic rings. The molecule has 2 nitrogen and oxygen atoms in total. The van der Waals surface area contributed by atoms with Gasteiger partial charge in [-0.25, -0.2) is 4.79 Å². The lowest BCUT2D eigenvalue weighted by molar-refractivity contribution is -0.138. The lowest BCUT2D eigenvalue weighted by atomic mass is 10.1. The molecular weight excluding hydrogens is 277 g/mol. The maximum absolute atomic E-state index is 12.8. The lowest BCUT2D eigenvalue weighted by Gasteiger charge is -2.11. The fourth-order valence-electron chi connectivity index (χ4n) is 1.54. The highest BCUT2D eigenvalue weighted by Gasteiger charge is 2.32. The molecular formula is C13H9F3O2S. The van der Waals surface area contributed by atoms with Gasteiger partial charge in [-0.1, -0.05) is 18.2 Å². The van der Waals surface area contributed by atoms with E-state index in [0.29, 0.717) is 4.90 Å². The standard InChI is InChI=1S/C13H9F3O2S/c14-13(15,16)10-5-2-1-4-9(10)8-19-11-6-3-7-18-12(11)17/h1-7H,8H2. The Bertz CT molecular complexity index is 620. The van der Waals surface area contributed by atoms with E-state index in [1.54, 1.807) is 6.07 Å². The van der Waals surface area contributed by atoms with Crippen LogP contribution in [0.1, 0.15) is 11.1 Å². The summed E-state index contributed by atoms with van der Waals surface area (Å²) in [4.78, 5) is 11.6. The number of benzene rings is 1. The van der Waals surface area contributed by atoms with Crippen LogP contribution in [0.3, 0.4) is 0 Å². The molecule has 1 aromatic heterocycles. The minimum atomic E-state index is -4.39. The quantitative estimate of drug-likeness (QED) is 0.800. The van der Waals surface area contributed by atoms with Gasteiger partial charge in [0.25, 0.3) is 0 Å². The Hall–Kier alpha value is -1.69. The third-order valence-electron chi connectivity index (χ3n) is 2.41. The van der Waals surface area contributed by atoms with Crippen molar-refractivity contribution in [3.63, 3.8) is 0 Å². The van der Waals surface area contributed by atoms with Gasteiger partial charge in [-0.15, -0.1) is 11.8 Å². The summed E-state index contributed by atoms with van der Waals surface area (Å²) < 4.78 is 42.9. The number of alkyl halides is 3. The molecule has 0 saturated heterocycles. The number of halogens is 3. The molecule has 19 heavy (non-hydrogen) atoms. The Labute approximate surface area is 111 Å². The molecule has 0 unspecified atom stereocenters. The third-order valence-corrected chi connectivity index (χ3v) is 3.48. The van der Waals surface area contributed by atoms with Gasteiger partial charge in [-0.2, -0.15) is 13.2 Å². The average Bonchev–Trinajstić information content (AvgIpc) is 2.37. The van der Waals surface area contributed by atoms with Gasteiger partial charge in [0, 0.05) is 5.75 Å². The molecule has 0 fully saturated rings. The van der Waals surface area contributed by atoms with E-state index in [9.17, 15) is 18.0 Å². The van der Waals surface area contributed by atoms with Crippen molar-refractivity contribution in [2.45, 2.75) is 16.8 Å². The summed E-state index contributed by atoms with van der Waals surface area (Å²) in [5, 5.41) is 0. The van der Waals surface area contributed by atoms with Gasteiger partial charge in [-0.3, -0.25) is 0 Å². The highest BCUT2D eigenvalue weighted by molar-refractivity contribution is 7.98. The van der Waals surface area contributed by atoms with Gasteiger partial charge in [0.2, 0.25) is 0 Å². The molecule has 0 aliphatic rings. The third kappa shape index (κ3) is 3.41. The van der Waals surface area contributed by atoms with Crippen molar-refractivity contribution < 1.29 is 17.6 Å². The van der Waals surface area contributed by atoms with E-state index in [0.717, 1.165) is 17.8 Å². The fraction of sp³-hybridized carbons (Fsp3) is 0.154. The minimum absolute atomic E-state index is 0.0600. The summed E-state index contributed by atoms with van der Waals surface area (Å²) in [6.07, 6.45) is -3.16. The van der Waals surface area contributed by atoms with E-state index in [1.807, 2.05) is 0 Å². The Morgan fingerprint density at radius 3 is 2.53 bits per heavy atom. The van der Waals surface area contributed by atoms with Crippen molar-refractivity contribution in [1.29, 1.82) is 0 Å². The van der Waals surface area contributed by atoms with Crippen LogP contribution in [-0.4, -0.2) is 0 Å². The zero-order valence-corrected chi connectivity index (χ0v) is 10.4. The minimum Gasteiger partial charge on any atom is -0.431 e. The van der Waals surface area contributed by atoms with Crippen LogP contribution in [0.25, 0.3) is 0 Å². The first kappa shape index (κ1) is 13.7. The van der Waals surface area contributed by atoms with Crippen LogP contribution in [-0.2, 0) is 11.9 Å². The van der Waals surface area contributed by atoms with E-state index in [2.05, 4.69) is 4.42 Å². The molecule has 2 rings (SSSR count). The van der Waals surface area contributed by atoms with Crippen molar-refractivity contribution in [3.8, 4) is 0 Å². The molecule has 6 heteroatoms. The van der Waals surface area contributed by atoms with Crippen LogP contribution in [0.5, 0.6) is 0 Å². The van der Waals surface area contributed by atoms with Crippen LogP contribution in [0.2, 0.25) is 0 Å². The van der Waals surface area contributed by atoms with E-state index in [4.69, 9.17) is 0 Å². The Morgan fingerprint density at radius 2 is 1.84 bits per heavy atom. The summed E-state index contributed by atoms with van der Waals surface area (Å²) in [7, 11) is 0. The number of hydrogen-bond donors (Lipinski definition) is 0. The normalized spacial score (nSPS) is 11.5. The second kappa shape index (κ2) is 5.52. The van der Waals surface area contributed by atoms with Crippen LogP contribution >= 0.6 is 11.8 Å². The lowest BCUT2D eigenvalue weighted by Crippen LogP contribution is -2.08. The van der Waals surface area contributed by atoms with Gasteiger partial charge >= 0.3 is 11.8 Å². The first-order chi connectivity index (χ1) is 8.98. The molecule has 0 N–H and O–H groups in total. The van der Waals surface area contributed by atoms with Gasteiger partial charge < -0.3 is 4.42 Å². The first-order valence-corrected chi connectivity index (χ1v) is 6.33. The largest absolute Gasteiger partial charge is 0.431 e. The van der Waals surface area contributed by atoms with Gasteiger partial charge in [0.05, 0.1) is 16.7 Å². The molecule has 0 aliphatic carbocycles. The fourth-order valence-corrected chi connectivity index (χ4v) is 2.44. The van der Waals surface area contributed by atoms with Crippen LogP contribution in [0, 0.1) is 0 Å². The first-order valence-electron chi connectivity index (χ1n) is 5.34. The van der Waals surface area contributed by atoms with Gasteiger partial charge in [-0.05, 0) is 23.8 Å². The van der Waals surface area contributed by atoms with Crippen LogP contribution in [0.15, 0.2) is 56.8 Å². The van der Waals surface area contributed by atoms with E-state index < -0.39 is 17.4 Å². The SMILES string of the molecule is O=c1occcc1SCc1ccccc1C(F)(F)F. The maximum atomic E-state index is 12.8. The molecule has 0 aliphatic heterocycles. The summed E-state index contributed by atoms with van der Waals surface area (Å²) >= 11 is 1.02. The van der Waals surface area contributed by atoms with Crippen molar-refractivity contribution >= 4 is 11.8 Å².